The molecule has 0 spiro atoms. The summed E-state index contributed by atoms with van der Waals surface area (Å²) in [4.78, 5) is 35.8. The maximum atomic E-state index is 14.0. The van der Waals surface area contributed by atoms with Gasteiger partial charge < -0.3 is 15.4 Å². The fraction of sp³-hybridized carbons (Fsp3) is 0.471. The zero-order valence-corrected chi connectivity index (χ0v) is 13.8. The van der Waals surface area contributed by atoms with E-state index < -0.39 is 23.2 Å². The second-order valence-electron chi connectivity index (χ2n) is 5.96. The molecule has 0 heterocycles. The molecule has 6 nitrogen and oxygen atoms in total. The van der Waals surface area contributed by atoms with Crippen LogP contribution in [-0.4, -0.2) is 30.4 Å². The first-order chi connectivity index (χ1) is 11.4. The SMILES string of the molecule is COC(=O)C1(NC(=O)c2cc(NC(C)=O)ccc2F)CCCCC1. The van der Waals surface area contributed by atoms with Crippen molar-refractivity contribution < 1.29 is 23.5 Å². The number of amides is 2. The van der Waals surface area contributed by atoms with Gasteiger partial charge >= 0.3 is 5.97 Å². The molecule has 130 valence electrons. The molecular weight excluding hydrogens is 315 g/mol. The van der Waals surface area contributed by atoms with E-state index in [-0.39, 0.29) is 11.5 Å². The Morgan fingerprint density at radius 2 is 1.83 bits per heavy atom. The summed E-state index contributed by atoms with van der Waals surface area (Å²) in [5.41, 5.74) is -1.04. The third-order valence-corrected chi connectivity index (χ3v) is 4.17. The summed E-state index contributed by atoms with van der Waals surface area (Å²) in [6.45, 7) is 1.32. The molecular formula is C17H21FN2O4. The van der Waals surface area contributed by atoms with Crippen LogP contribution in [0, 0.1) is 5.82 Å². The van der Waals surface area contributed by atoms with Gasteiger partial charge in [0.1, 0.15) is 11.4 Å². The number of halogens is 1. The summed E-state index contributed by atoms with van der Waals surface area (Å²) in [5, 5.41) is 5.15. The number of rotatable bonds is 4. The fourth-order valence-electron chi connectivity index (χ4n) is 3.00. The van der Waals surface area contributed by atoms with Gasteiger partial charge in [0.05, 0.1) is 12.7 Å². The van der Waals surface area contributed by atoms with Crippen molar-refractivity contribution >= 4 is 23.5 Å². The minimum Gasteiger partial charge on any atom is -0.467 e. The number of esters is 1. The van der Waals surface area contributed by atoms with E-state index in [1.54, 1.807) is 0 Å². The molecule has 0 unspecified atom stereocenters. The molecule has 7 heteroatoms. The van der Waals surface area contributed by atoms with Crippen LogP contribution < -0.4 is 10.6 Å². The Morgan fingerprint density at radius 1 is 1.17 bits per heavy atom. The zero-order chi connectivity index (χ0) is 17.7. The number of hydrogen-bond donors (Lipinski definition) is 2. The molecule has 2 amide bonds. The highest BCUT2D eigenvalue weighted by Crippen LogP contribution is 2.30. The van der Waals surface area contributed by atoms with Gasteiger partial charge in [-0.1, -0.05) is 19.3 Å². The predicted molar refractivity (Wildman–Crippen MR) is 86.0 cm³/mol. The van der Waals surface area contributed by atoms with Gasteiger partial charge in [-0.15, -0.1) is 0 Å². The number of carbonyl (C=O) groups is 3. The van der Waals surface area contributed by atoms with E-state index in [4.69, 9.17) is 4.74 Å². The quantitative estimate of drug-likeness (QED) is 0.827. The summed E-state index contributed by atoms with van der Waals surface area (Å²) in [6, 6.07) is 3.72. The Bertz CT molecular complexity index is 654. The third kappa shape index (κ3) is 3.90. The molecule has 0 bridgehead atoms. The molecule has 1 fully saturated rings. The molecule has 0 radical (unpaired) electrons. The minimum atomic E-state index is -1.12. The molecule has 1 aliphatic carbocycles. The van der Waals surface area contributed by atoms with E-state index in [2.05, 4.69) is 10.6 Å². The maximum Gasteiger partial charge on any atom is 0.331 e. The average Bonchev–Trinajstić information content (AvgIpc) is 2.56. The van der Waals surface area contributed by atoms with Crippen LogP contribution >= 0.6 is 0 Å². The molecule has 0 saturated heterocycles. The first-order valence-electron chi connectivity index (χ1n) is 7.86. The summed E-state index contributed by atoms with van der Waals surface area (Å²) >= 11 is 0. The van der Waals surface area contributed by atoms with Crippen molar-refractivity contribution in [2.75, 3.05) is 12.4 Å². The van der Waals surface area contributed by atoms with Gasteiger partial charge in [0, 0.05) is 12.6 Å². The van der Waals surface area contributed by atoms with Crippen molar-refractivity contribution in [3.8, 4) is 0 Å². The molecule has 1 aromatic rings. The van der Waals surface area contributed by atoms with Crippen molar-refractivity contribution in [1.82, 2.24) is 5.32 Å². The summed E-state index contributed by atoms with van der Waals surface area (Å²) in [7, 11) is 1.27. The smallest absolute Gasteiger partial charge is 0.331 e. The van der Waals surface area contributed by atoms with Crippen LogP contribution in [0.15, 0.2) is 18.2 Å². The Morgan fingerprint density at radius 3 is 2.42 bits per heavy atom. The van der Waals surface area contributed by atoms with Gasteiger partial charge in [0.25, 0.3) is 5.91 Å². The molecule has 0 aliphatic heterocycles. The monoisotopic (exact) mass is 336 g/mol. The number of ether oxygens (including phenoxy) is 1. The van der Waals surface area contributed by atoms with Crippen molar-refractivity contribution in [3.63, 3.8) is 0 Å². The van der Waals surface area contributed by atoms with E-state index in [1.807, 2.05) is 0 Å². The lowest BCUT2D eigenvalue weighted by Crippen LogP contribution is -2.56. The van der Waals surface area contributed by atoms with Crippen LogP contribution in [0.3, 0.4) is 0 Å². The molecule has 0 aromatic heterocycles. The highest BCUT2D eigenvalue weighted by molar-refractivity contribution is 6.00. The molecule has 1 saturated carbocycles. The first-order valence-corrected chi connectivity index (χ1v) is 7.86. The Kier molecular flexibility index (Phi) is 5.54. The normalized spacial score (nSPS) is 16.1. The highest BCUT2D eigenvalue weighted by atomic mass is 19.1. The van der Waals surface area contributed by atoms with E-state index in [0.29, 0.717) is 18.5 Å². The lowest BCUT2D eigenvalue weighted by Gasteiger charge is -2.35. The Balaban J connectivity index is 2.26. The second-order valence-corrected chi connectivity index (χ2v) is 5.96. The predicted octanol–water partition coefficient (Wildman–Crippen LogP) is 2.39. The average molecular weight is 336 g/mol. The van der Waals surface area contributed by atoms with Crippen LogP contribution in [0.4, 0.5) is 10.1 Å². The summed E-state index contributed by atoms with van der Waals surface area (Å²) in [5.74, 6) is -2.27. The Hall–Kier alpha value is -2.44. The lowest BCUT2D eigenvalue weighted by atomic mass is 9.81. The van der Waals surface area contributed by atoms with Gasteiger partial charge in [0.2, 0.25) is 5.91 Å². The maximum absolute atomic E-state index is 14.0. The number of nitrogens with one attached hydrogen (secondary N) is 2. The molecule has 0 atom stereocenters. The van der Waals surface area contributed by atoms with Crippen LogP contribution in [0.25, 0.3) is 0 Å². The lowest BCUT2D eigenvalue weighted by molar-refractivity contribution is -0.149. The van der Waals surface area contributed by atoms with Crippen LogP contribution in [-0.2, 0) is 14.3 Å². The highest BCUT2D eigenvalue weighted by Gasteiger charge is 2.42. The van der Waals surface area contributed by atoms with Crippen LogP contribution in [0.2, 0.25) is 0 Å². The van der Waals surface area contributed by atoms with Crippen molar-refractivity contribution in [1.29, 1.82) is 0 Å². The Labute approximate surface area is 139 Å². The first kappa shape index (κ1) is 17.9. The molecule has 2 N–H and O–H groups in total. The van der Waals surface area contributed by atoms with E-state index in [1.165, 1.54) is 26.2 Å². The second kappa shape index (κ2) is 7.42. The van der Waals surface area contributed by atoms with Crippen molar-refractivity contribution in [2.24, 2.45) is 0 Å². The van der Waals surface area contributed by atoms with Crippen LogP contribution in [0.1, 0.15) is 49.4 Å². The molecule has 1 aromatic carbocycles. The number of benzene rings is 1. The fourth-order valence-corrected chi connectivity index (χ4v) is 3.00. The number of carbonyl (C=O) groups excluding carboxylic acids is 3. The summed E-state index contributed by atoms with van der Waals surface area (Å²) in [6.07, 6.45) is 3.45. The number of anilines is 1. The van der Waals surface area contributed by atoms with Crippen molar-refractivity contribution in [2.45, 2.75) is 44.6 Å². The summed E-state index contributed by atoms with van der Waals surface area (Å²) < 4.78 is 18.9. The number of methoxy groups -OCH3 is 1. The van der Waals surface area contributed by atoms with E-state index >= 15 is 0 Å². The minimum absolute atomic E-state index is 0.227. The third-order valence-electron chi connectivity index (χ3n) is 4.17. The van der Waals surface area contributed by atoms with Gasteiger partial charge in [-0.25, -0.2) is 9.18 Å². The molecule has 2 rings (SSSR count). The molecule has 24 heavy (non-hydrogen) atoms. The topological polar surface area (TPSA) is 84.5 Å². The number of hydrogen-bond acceptors (Lipinski definition) is 4. The molecule has 1 aliphatic rings. The van der Waals surface area contributed by atoms with Crippen LogP contribution in [0.5, 0.6) is 0 Å². The standard InChI is InChI=1S/C17H21FN2O4/c1-11(21)19-12-6-7-14(18)13(10-12)15(22)20-17(16(23)24-2)8-4-3-5-9-17/h6-7,10H,3-5,8-9H2,1-2H3,(H,19,21)(H,20,22). The van der Waals surface area contributed by atoms with Gasteiger partial charge in [-0.05, 0) is 31.0 Å². The zero-order valence-electron chi connectivity index (χ0n) is 13.8. The van der Waals surface area contributed by atoms with E-state index in [9.17, 15) is 18.8 Å². The van der Waals surface area contributed by atoms with Gasteiger partial charge in [-0.2, -0.15) is 0 Å². The van der Waals surface area contributed by atoms with Gasteiger partial charge in [-0.3, -0.25) is 9.59 Å². The van der Waals surface area contributed by atoms with E-state index in [0.717, 1.165) is 25.3 Å². The van der Waals surface area contributed by atoms with Crippen molar-refractivity contribution in [3.05, 3.63) is 29.6 Å². The largest absolute Gasteiger partial charge is 0.467 e. The van der Waals surface area contributed by atoms with Gasteiger partial charge in [0.15, 0.2) is 0 Å².